The maximum atomic E-state index is 11.8. The van der Waals surface area contributed by atoms with Crippen molar-refractivity contribution in [1.29, 1.82) is 0 Å². The van der Waals surface area contributed by atoms with Crippen LogP contribution in [0.15, 0.2) is 24.3 Å². The second-order valence-electron chi connectivity index (χ2n) is 5.50. The molecule has 1 fully saturated rings. The van der Waals surface area contributed by atoms with Crippen LogP contribution < -0.4 is 5.32 Å². The molecule has 0 bridgehead atoms. The molecule has 5 heteroatoms. The summed E-state index contributed by atoms with van der Waals surface area (Å²) in [7, 11) is -2.86. The van der Waals surface area contributed by atoms with Crippen LogP contribution in [0.3, 0.4) is 0 Å². The van der Waals surface area contributed by atoms with Crippen LogP contribution in [0, 0.1) is 12.8 Å². The highest BCUT2D eigenvalue weighted by Crippen LogP contribution is 2.17. The van der Waals surface area contributed by atoms with E-state index in [1.54, 1.807) is 0 Å². The molecule has 1 heterocycles. The second-order valence-corrected chi connectivity index (χ2v) is 7.73. The summed E-state index contributed by atoms with van der Waals surface area (Å²) in [5.41, 5.74) is 2.38. The lowest BCUT2D eigenvalue weighted by Gasteiger charge is -2.10. The van der Waals surface area contributed by atoms with E-state index in [-0.39, 0.29) is 23.3 Å². The predicted molar refractivity (Wildman–Crippen MR) is 79.3 cm³/mol. The summed E-state index contributed by atoms with van der Waals surface area (Å²) in [4.78, 5) is 11.8. The molecular formula is C15H21NO3S. The molecule has 0 radical (unpaired) electrons. The van der Waals surface area contributed by atoms with Gasteiger partial charge in [-0.05, 0) is 36.8 Å². The highest BCUT2D eigenvalue weighted by Gasteiger charge is 2.27. The standard InChI is InChI=1S/C15H21NO3S/c1-12-4-2-3-5-14(12)6-7-15(17)16-10-13-8-9-20(18,19)11-13/h2-5,13H,6-11H2,1H3,(H,16,17). The van der Waals surface area contributed by atoms with E-state index in [1.165, 1.54) is 11.1 Å². The molecule has 1 aromatic carbocycles. The highest BCUT2D eigenvalue weighted by atomic mass is 32.2. The van der Waals surface area contributed by atoms with Crippen molar-refractivity contribution in [2.45, 2.75) is 26.2 Å². The fourth-order valence-corrected chi connectivity index (χ4v) is 4.38. The van der Waals surface area contributed by atoms with E-state index in [4.69, 9.17) is 0 Å². The van der Waals surface area contributed by atoms with Crippen LogP contribution in [0.4, 0.5) is 0 Å². The number of hydrogen-bond donors (Lipinski definition) is 1. The van der Waals surface area contributed by atoms with Crippen molar-refractivity contribution in [3.05, 3.63) is 35.4 Å². The Balaban J connectivity index is 1.73. The van der Waals surface area contributed by atoms with Gasteiger partial charge >= 0.3 is 0 Å². The van der Waals surface area contributed by atoms with E-state index in [1.807, 2.05) is 31.2 Å². The van der Waals surface area contributed by atoms with E-state index < -0.39 is 9.84 Å². The van der Waals surface area contributed by atoms with Gasteiger partial charge in [-0.25, -0.2) is 8.42 Å². The lowest BCUT2D eigenvalue weighted by molar-refractivity contribution is -0.121. The first-order valence-corrected chi connectivity index (χ1v) is 8.80. The van der Waals surface area contributed by atoms with Crippen LogP contribution >= 0.6 is 0 Å². The average molecular weight is 295 g/mol. The molecule has 1 amide bonds. The van der Waals surface area contributed by atoms with Gasteiger partial charge in [0.15, 0.2) is 9.84 Å². The van der Waals surface area contributed by atoms with Crippen molar-refractivity contribution in [2.75, 3.05) is 18.1 Å². The Kier molecular flexibility index (Phi) is 4.81. The molecule has 0 spiro atoms. The quantitative estimate of drug-likeness (QED) is 0.895. The molecule has 1 N–H and O–H groups in total. The number of carbonyl (C=O) groups excluding carboxylic acids is 1. The fourth-order valence-electron chi connectivity index (χ4n) is 2.52. The largest absolute Gasteiger partial charge is 0.356 e. The van der Waals surface area contributed by atoms with Gasteiger partial charge in [0.2, 0.25) is 5.91 Å². The zero-order valence-corrected chi connectivity index (χ0v) is 12.6. The molecule has 2 rings (SSSR count). The Bertz CT molecular complexity index is 581. The van der Waals surface area contributed by atoms with E-state index in [9.17, 15) is 13.2 Å². The summed E-state index contributed by atoms with van der Waals surface area (Å²) >= 11 is 0. The molecule has 1 saturated heterocycles. The van der Waals surface area contributed by atoms with Crippen molar-refractivity contribution in [3.63, 3.8) is 0 Å². The third-order valence-electron chi connectivity index (χ3n) is 3.80. The van der Waals surface area contributed by atoms with Gasteiger partial charge in [0.25, 0.3) is 0 Å². The first kappa shape index (κ1) is 15.0. The number of carbonyl (C=O) groups is 1. The molecule has 1 aliphatic heterocycles. The number of rotatable bonds is 5. The SMILES string of the molecule is Cc1ccccc1CCC(=O)NCC1CCS(=O)(=O)C1. The van der Waals surface area contributed by atoms with Crippen LogP contribution in [0.1, 0.15) is 24.0 Å². The Labute approximate surface area is 120 Å². The minimum absolute atomic E-state index is 0.00227. The Hall–Kier alpha value is -1.36. The van der Waals surface area contributed by atoms with Crippen LogP contribution in [0.5, 0.6) is 0 Å². The summed E-state index contributed by atoms with van der Waals surface area (Å²) in [6, 6.07) is 8.03. The average Bonchev–Trinajstić information content (AvgIpc) is 2.75. The molecule has 0 aliphatic carbocycles. The van der Waals surface area contributed by atoms with Gasteiger partial charge in [-0.1, -0.05) is 24.3 Å². The summed E-state index contributed by atoms with van der Waals surface area (Å²) in [5.74, 6) is 0.557. The van der Waals surface area contributed by atoms with Gasteiger partial charge in [0, 0.05) is 13.0 Å². The van der Waals surface area contributed by atoms with Crippen LogP contribution in [0.2, 0.25) is 0 Å². The van der Waals surface area contributed by atoms with Crippen molar-refractivity contribution >= 4 is 15.7 Å². The van der Waals surface area contributed by atoms with Crippen molar-refractivity contribution in [1.82, 2.24) is 5.32 Å². The Morgan fingerprint density at radius 3 is 2.75 bits per heavy atom. The smallest absolute Gasteiger partial charge is 0.220 e. The topological polar surface area (TPSA) is 63.2 Å². The van der Waals surface area contributed by atoms with Gasteiger partial charge in [-0.3, -0.25) is 4.79 Å². The lowest BCUT2D eigenvalue weighted by Crippen LogP contribution is -2.30. The molecule has 20 heavy (non-hydrogen) atoms. The molecule has 4 nitrogen and oxygen atoms in total. The maximum absolute atomic E-state index is 11.8. The summed E-state index contributed by atoms with van der Waals surface area (Å²) in [6.07, 6.45) is 1.84. The van der Waals surface area contributed by atoms with Gasteiger partial charge in [-0.2, -0.15) is 0 Å². The minimum atomic E-state index is -2.86. The Morgan fingerprint density at radius 1 is 1.35 bits per heavy atom. The van der Waals surface area contributed by atoms with Gasteiger partial charge in [-0.15, -0.1) is 0 Å². The number of benzene rings is 1. The van der Waals surface area contributed by atoms with Crippen LogP contribution in [0.25, 0.3) is 0 Å². The van der Waals surface area contributed by atoms with Crippen LogP contribution in [-0.2, 0) is 21.1 Å². The number of aryl methyl sites for hydroxylation is 2. The fraction of sp³-hybridized carbons (Fsp3) is 0.533. The third kappa shape index (κ3) is 4.34. The Morgan fingerprint density at radius 2 is 2.10 bits per heavy atom. The number of hydrogen-bond acceptors (Lipinski definition) is 3. The van der Waals surface area contributed by atoms with Crippen molar-refractivity contribution in [2.24, 2.45) is 5.92 Å². The third-order valence-corrected chi connectivity index (χ3v) is 5.63. The van der Waals surface area contributed by atoms with E-state index >= 15 is 0 Å². The zero-order valence-electron chi connectivity index (χ0n) is 11.8. The number of nitrogens with one attached hydrogen (secondary N) is 1. The highest BCUT2D eigenvalue weighted by molar-refractivity contribution is 7.91. The molecule has 1 atom stereocenters. The maximum Gasteiger partial charge on any atom is 0.220 e. The molecule has 1 unspecified atom stereocenters. The first-order chi connectivity index (χ1) is 9.46. The predicted octanol–water partition coefficient (Wildman–Crippen LogP) is 1.48. The van der Waals surface area contributed by atoms with Crippen LogP contribution in [-0.4, -0.2) is 32.4 Å². The number of amides is 1. The van der Waals surface area contributed by atoms with Gasteiger partial charge in [0.1, 0.15) is 0 Å². The summed E-state index contributed by atoms with van der Waals surface area (Å²) < 4.78 is 22.6. The van der Waals surface area contributed by atoms with Gasteiger partial charge in [0.05, 0.1) is 11.5 Å². The van der Waals surface area contributed by atoms with E-state index in [2.05, 4.69) is 5.32 Å². The zero-order chi connectivity index (χ0) is 14.6. The summed E-state index contributed by atoms with van der Waals surface area (Å²) in [5, 5.41) is 2.85. The molecular weight excluding hydrogens is 274 g/mol. The number of sulfone groups is 1. The molecule has 0 aromatic heterocycles. The summed E-state index contributed by atoms with van der Waals surface area (Å²) in [6.45, 7) is 2.52. The van der Waals surface area contributed by atoms with Crippen molar-refractivity contribution in [3.8, 4) is 0 Å². The minimum Gasteiger partial charge on any atom is -0.356 e. The van der Waals surface area contributed by atoms with E-state index in [0.29, 0.717) is 19.4 Å². The lowest BCUT2D eigenvalue weighted by atomic mass is 10.0. The molecule has 1 aromatic rings. The monoisotopic (exact) mass is 295 g/mol. The molecule has 0 saturated carbocycles. The van der Waals surface area contributed by atoms with E-state index in [0.717, 1.165) is 6.42 Å². The van der Waals surface area contributed by atoms with Gasteiger partial charge < -0.3 is 5.32 Å². The molecule has 110 valence electrons. The molecule has 1 aliphatic rings. The first-order valence-electron chi connectivity index (χ1n) is 6.98. The normalized spacial score (nSPS) is 20.8. The second kappa shape index (κ2) is 6.39. The van der Waals surface area contributed by atoms with Crippen molar-refractivity contribution < 1.29 is 13.2 Å².